The summed E-state index contributed by atoms with van der Waals surface area (Å²) in [6.45, 7) is 3.56. The van der Waals surface area contributed by atoms with Gasteiger partial charge in [-0.1, -0.05) is 0 Å². The summed E-state index contributed by atoms with van der Waals surface area (Å²) in [5, 5.41) is 10.9. The van der Waals surface area contributed by atoms with Crippen LogP contribution in [0.25, 0.3) is 0 Å². The molecule has 2 aromatic rings. The van der Waals surface area contributed by atoms with E-state index in [0.29, 0.717) is 22.7 Å². The molecule has 0 bridgehead atoms. The third-order valence-electron chi connectivity index (χ3n) is 2.80. The molecule has 0 aliphatic carbocycles. The van der Waals surface area contributed by atoms with Crippen LogP contribution in [0.3, 0.4) is 0 Å². The summed E-state index contributed by atoms with van der Waals surface area (Å²) in [6, 6.07) is 10.1. The minimum absolute atomic E-state index is 0.0469. The Morgan fingerprint density at radius 2 is 1.84 bits per heavy atom. The second-order valence-corrected chi connectivity index (χ2v) is 4.33. The van der Waals surface area contributed by atoms with Crippen LogP contribution in [0, 0.1) is 24.0 Å². The molecule has 19 heavy (non-hydrogen) atoms. The van der Waals surface area contributed by atoms with E-state index in [-0.39, 0.29) is 5.69 Å². The second kappa shape index (κ2) is 4.97. The first-order valence-corrected chi connectivity index (χ1v) is 5.76. The van der Waals surface area contributed by atoms with Gasteiger partial charge in [-0.3, -0.25) is 10.1 Å². The number of ether oxygens (including phenoxy) is 1. The van der Waals surface area contributed by atoms with Crippen LogP contribution in [0.5, 0.6) is 11.5 Å². The van der Waals surface area contributed by atoms with Gasteiger partial charge in [0.2, 0.25) is 0 Å². The number of nitrogen functional groups attached to an aromatic ring is 1. The first-order chi connectivity index (χ1) is 8.97. The van der Waals surface area contributed by atoms with Crippen molar-refractivity contribution in [1.29, 1.82) is 0 Å². The van der Waals surface area contributed by atoms with Crippen molar-refractivity contribution in [1.82, 2.24) is 0 Å². The maximum absolute atomic E-state index is 10.9. The quantitative estimate of drug-likeness (QED) is 0.518. The summed E-state index contributed by atoms with van der Waals surface area (Å²) >= 11 is 0. The molecule has 5 nitrogen and oxygen atoms in total. The lowest BCUT2D eigenvalue weighted by atomic mass is 10.2. The Bertz CT molecular complexity index is 639. The molecule has 0 heterocycles. The van der Waals surface area contributed by atoms with Gasteiger partial charge in [-0.25, -0.2) is 0 Å². The van der Waals surface area contributed by atoms with Gasteiger partial charge in [0, 0.05) is 11.3 Å². The molecule has 0 aliphatic rings. The van der Waals surface area contributed by atoms with Crippen molar-refractivity contribution in [3.05, 3.63) is 57.6 Å². The summed E-state index contributed by atoms with van der Waals surface area (Å²) in [6.07, 6.45) is 0. The Hall–Kier alpha value is -2.56. The zero-order valence-electron chi connectivity index (χ0n) is 10.7. The van der Waals surface area contributed by atoms with Crippen molar-refractivity contribution < 1.29 is 9.66 Å². The number of rotatable bonds is 3. The highest BCUT2D eigenvalue weighted by atomic mass is 16.6. The zero-order chi connectivity index (χ0) is 14.0. The van der Waals surface area contributed by atoms with Gasteiger partial charge >= 0.3 is 0 Å². The van der Waals surface area contributed by atoms with Gasteiger partial charge < -0.3 is 10.5 Å². The van der Waals surface area contributed by atoms with Gasteiger partial charge in [-0.15, -0.1) is 0 Å². The van der Waals surface area contributed by atoms with Crippen LogP contribution < -0.4 is 10.5 Å². The molecule has 2 rings (SSSR count). The van der Waals surface area contributed by atoms with Gasteiger partial charge in [0.25, 0.3) is 5.69 Å². The van der Waals surface area contributed by atoms with Crippen LogP contribution in [0.1, 0.15) is 11.1 Å². The molecule has 0 unspecified atom stereocenters. The zero-order valence-corrected chi connectivity index (χ0v) is 10.7. The van der Waals surface area contributed by atoms with E-state index in [2.05, 4.69) is 0 Å². The minimum atomic E-state index is -0.419. The van der Waals surface area contributed by atoms with Crippen molar-refractivity contribution >= 4 is 11.4 Å². The molecular weight excluding hydrogens is 244 g/mol. The molecule has 2 aromatic carbocycles. The van der Waals surface area contributed by atoms with Crippen molar-refractivity contribution in [2.45, 2.75) is 13.8 Å². The Kier molecular flexibility index (Phi) is 3.37. The highest BCUT2D eigenvalue weighted by Gasteiger charge is 2.12. The van der Waals surface area contributed by atoms with E-state index in [1.807, 2.05) is 6.92 Å². The van der Waals surface area contributed by atoms with Crippen LogP contribution in [0.15, 0.2) is 36.4 Å². The number of aryl methyl sites for hydroxylation is 2. The van der Waals surface area contributed by atoms with Gasteiger partial charge in [0.15, 0.2) is 0 Å². The highest BCUT2D eigenvalue weighted by Crippen LogP contribution is 2.30. The Morgan fingerprint density at radius 3 is 2.47 bits per heavy atom. The number of hydrogen-bond donors (Lipinski definition) is 1. The Morgan fingerprint density at radius 1 is 1.11 bits per heavy atom. The molecule has 0 saturated heterocycles. The van der Waals surface area contributed by atoms with Crippen LogP contribution in [-0.2, 0) is 0 Å². The van der Waals surface area contributed by atoms with Gasteiger partial charge in [0.05, 0.1) is 11.0 Å². The SMILES string of the molecule is Cc1cc(N)ccc1Oc1ccc(C)c([N+](=O)[O-])c1. The molecule has 0 saturated carbocycles. The van der Waals surface area contributed by atoms with Crippen LogP contribution in [-0.4, -0.2) is 4.92 Å². The van der Waals surface area contributed by atoms with Gasteiger partial charge in [-0.05, 0) is 49.7 Å². The van der Waals surface area contributed by atoms with Crippen molar-refractivity contribution in [3.8, 4) is 11.5 Å². The molecule has 0 aliphatic heterocycles. The fourth-order valence-electron chi connectivity index (χ4n) is 1.76. The number of nitrogens with two attached hydrogens (primary N) is 1. The van der Waals surface area contributed by atoms with E-state index in [1.54, 1.807) is 37.3 Å². The highest BCUT2D eigenvalue weighted by molar-refractivity contribution is 5.50. The van der Waals surface area contributed by atoms with E-state index in [1.165, 1.54) is 6.07 Å². The molecule has 0 amide bonds. The summed E-state index contributed by atoms with van der Waals surface area (Å²) in [5.41, 5.74) is 7.84. The number of nitro benzene ring substituents is 1. The Balaban J connectivity index is 2.33. The third kappa shape index (κ3) is 2.82. The Labute approximate surface area is 110 Å². The number of nitro groups is 1. The minimum Gasteiger partial charge on any atom is -0.457 e. The molecule has 98 valence electrons. The number of benzene rings is 2. The molecule has 0 radical (unpaired) electrons. The normalized spacial score (nSPS) is 10.2. The maximum atomic E-state index is 10.9. The van der Waals surface area contributed by atoms with E-state index in [4.69, 9.17) is 10.5 Å². The summed E-state index contributed by atoms with van der Waals surface area (Å²) in [4.78, 5) is 10.5. The molecular formula is C14H14N2O3. The average Bonchev–Trinajstić information content (AvgIpc) is 2.34. The fraction of sp³-hybridized carbons (Fsp3) is 0.143. The van der Waals surface area contributed by atoms with E-state index in [9.17, 15) is 10.1 Å². The average molecular weight is 258 g/mol. The maximum Gasteiger partial charge on any atom is 0.276 e. The predicted molar refractivity (Wildman–Crippen MR) is 73.5 cm³/mol. The predicted octanol–water partition coefficient (Wildman–Crippen LogP) is 3.59. The molecule has 0 atom stereocenters. The topological polar surface area (TPSA) is 78.4 Å². The molecule has 2 N–H and O–H groups in total. The lowest BCUT2D eigenvalue weighted by Gasteiger charge is -2.09. The summed E-state index contributed by atoms with van der Waals surface area (Å²) in [5.74, 6) is 1.07. The summed E-state index contributed by atoms with van der Waals surface area (Å²) in [7, 11) is 0. The monoisotopic (exact) mass is 258 g/mol. The standard InChI is InChI=1S/C14H14N2O3/c1-9-3-5-12(8-13(9)16(17)18)19-14-6-4-11(15)7-10(14)2/h3-8H,15H2,1-2H3. The second-order valence-electron chi connectivity index (χ2n) is 4.33. The fourth-order valence-corrected chi connectivity index (χ4v) is 1.76. The van der Waals surface area contributed by atoms with Crippen LogP contribution in [0.2, 0.25) is 0 Å². The van der Waals surface area contributed by atoms with Crippen LogP contribution in [0.4, 0.5) is 11.4 Å². The third-order valence-corrected chi connectivity index (χ3v) is 2.80. The molecule has 0 fully saturated rings. The first kappa shape index (κ1) is 12.9. The number of nitrogens with zero attached hydrogens (tertiary/aromatic N) is 1. The smallest absolute Gasteiger partial charge is 0.276 e. The number of anilines is 1. The van der Waals surface area contributed by atoms with E-state index in [0.717, 1.165) is 5.56 Å². The van der Waals surface area contributed by atoms with Gasteiger partial charge in [-0.2, -0.15) is 0 Å². The first-order valence-electron chi connectivity index (χ1n) is 5.76. The number of hydrogen-bond acceptors (Lipinski definition) is 4. The largest absolute Gasteiger partial charge is 0.457 e. The van der Waals surface area contributed by atoms with Crippen molar-refractivity contribution in [2.75, 3.05) is 5.73 Å². The molecule has 0 spiro atoms. The molecule has 5 heteroatoms. The summed E-state index contributed by atoms with van der Waals surface area (Å²) < 4.78 is 5.65. The van der Waals surface area contributed by atoms with Crippen molar-refractivity contribution in [3.63, 3.8) is 0 Å². The molecule has 0 aromatic heterocycles. The lowest BCUT2D eigenvalue weighted by molar-refractivity contribution is -0.385. The van der Waals surface area contributed by atoms with Crippen molar-refractivity contribution in [2.24, 2.45) is 0 Å². The van der Waals surface area contributed by atoms with E-state index < -0.39 is 4.92 Å². The lowest BCUT2D eigenvalue weighted by Crippen LogP contribution is -1.94. The van der Waals surface area contributed by atoms with E-state index >= 15 is 0 Å². The van der Waals surface area contributed by atoms with Gasteiger partial charge in [0.1, 0.15) is 11.5 Å². The van der Waals surface area contributed by atoms with Crippen LogP contribution >= 0.6 is 0 Å².